The molecule has 0 spiro atoms. The van der Waals surface area contributed by atoms with Crippen LogP contribution in [0, 0.1) is 0 Å². The van der Waals surface area contributed by atoms with Gasteiger partial charge in [-0.25, -0.2) is 9.97 Å². The zero-order valence-electron chi connectivity index (χ0n) is 19.1. The standard InChI is InChI=1S/C24H34N6O2/c1-18(2)30(19-7-4-3-5-8-19)24(31)17-29-13-14-32-21(16-29)20-9-6-10-22(27-20)28-23-15-25-11-12-26-23/h6,9-12,15,18-19,21H,3-5,7-8,13-14,16-17H2,1-2H3,(H,26,27,28)/t21-/m0/s1. The van der Waals surface area contributed by atoms with E-state index in [0.29, 0.717) is 37.4 Å². The summed E-state index contributed by atoms with van der Waals surface area (Å²) in [5.41, 5.74) is 0.851. The van der Waals surface area contributed by atoms with Crippen LogP contribution in [0.1, 0.15) is 57.7 Å². The Morgan fingerprint density at radius 3 is 2.81 bits per heavy atom. The van der Waals surface area contributed by atoms with Crippen LogP contribution >= 0.6 is 0 Å². The Hall–Kier alpha value is -2.58. The van der Waals surface area contributed by atoms with Gasteiger partial charge in [-0.05, 0) is 38.8 Å². The second-order valence-corrected chi connectivity index (χ2v) is 8.94. The molecule has 1 atom stereocenters. The minimum Gasteiger partial charge on any atom is -0.369 e. The quantitative estimate of drug-likeness (QED) is 0.708. The van der Waals surface area contributed by atoms with Crippen molar-refractivity contribution >= 4 is 17.5 Å². The Balaban J connectivity index is 1.38. The second kappa shape index (κ2) is 10.8. The third-order valence-corrected chi connectivity index (χ3v) is 6.24. The first-order valence-electron chi connectivity index (χ1n) is 11.8. The van der Waals surface area contributed by atoms with Crippen LogP contribution in [0.2, 0.25) is 0 Å². The highest BCUT2D eigenvalue weighted by Crippen LogP contribution is 2.26. The topological polar surface area (TPSA) is 83.5 Å². The Kier molecular flexibility index (Phi) is 7.65. The highest BCUT2D eigenvalue weighted by Gasteiger charge is 2.31. The summed E-state index contributed by atoms with van der Waals surface area (Å²) in [6.45, 7) is 6.71. The number of amides is 1. The highest BCUT2D eigenvalue weighted by atomic mass is 16.5. The van der Waals surface area contributed by atoms with Crippen molar-refractivity contribution in [3.8, 4) is 0 Å². The van der Waals surface area contributed by atoms with Gasteiger partial charge in [0.05, 0.1) is 25.0 Å². The van der Waals surface area contributed by atoms with Gasteiger partial charge >= 0.3 is 0 Å². The molecular weight excluding hydrogens is 404 g/mol. The minimum absolute atomic E-state index is 0.165. The molecule has 0 unspecified atom stereocenters. The lowest BCUT2D eigenvalue weighted by Crippen LogP contribution is -2.51. The second-order valence-electron chi connectivity index (χ2n) is 8.94. The van der Waals surface area contributed by atoms with Crippen LogP contribution in [0.4, 0.5) is 11.6 Å². The van der Waals surface area contributed by atoms with Crippen molar-refractivity contribution in [1.29, 1.82) is 0 Å². The van der Waals surface area contributed by atoms with Gasteiger partial charge in [-0.15, -0.1) is 0 Å². The van der Waals surface area contributed by atoms with E-state index in [1.807, 2.05) is 18.2 Å². The van der Waals surface area contributed by atoms with Gasteiger partial charge in [-0.1, -0.05) is 25.3 Å². The third kappa shape index (κ3) is 5.81. The van der Waals surface area contributed by atoms with Crippen LogP contribution in [-0.2, 0) is 9.53 Å². The molecule has 32 heavy (non-hydrogen) atoms. The lowest BCUT2D eigenvalue weighted by molar-refractivity contribution is -0.139. The molecule has 172 valence electrons. The number of morpholine rings is 1. The molecule has 0 aromatic carbocycles. The SMILES string of the molecule is CC(C)N(C(=O)CN1CCO[C@H](c2cccc(Nc3cnccn3)n2)C1)C1CCCCC1. The van der Waals surface area contributed by atoms with Gasteiger partial charge in [0.15, 0.2) is 0 Å². The average molecular weight is 439 g/mol. The van der Waals surface area contributed by atoms with Gasteiger partial charge in [-0.3, -0.25) is 14.7 Å². The maximum Gasteiger partial charge on any atom is 0.237 e. The van der Waals surface area contributed by atoms with E-state index in [0.717, 1.165) is 25.1 Å². The summed E-state index contributed by atoms with van der Waals surface area (Å²) in [4.78, 5) is 30.6. The summed E-state index contributed by atoms with van der Waals surface area (Å²) in [5, 5.41) is 3.18. The Bertz CT molecular complexity index is 872. The molecule has 0 radical (unpaired) electrons. The smallest absolute Gasteiger partial charge is 0.237 e. The minimum atomic E-state index is -0.165. The van der Waals surface area contributed by atoms with E-state index in [1.54, 1.807) is 18.6 Å². The van der Waals surface area contributed by atoms with Gasteiger partial charge < -0.3 is 15.0 Å². The van der Waals surface area contributed by atoms with E-state index in [-0.39, 0.29) is 18.1 Å². The molecular formula is C24H34N6O2. The Morgan fingerprint density at radius 1 is 1.22 bits per heavy atom. The number of carbonyl (C=O) groups excluding carboxylic acids is 1. The summed E-state index contributed by atoms with van der Waals surface area (Å²) >= 11 is 0. The molecule has 2 aliphatic rings. The molecule has 1 saturated carbocycles. The predicted molar refractivity (Wildman–Crippen MR) is 124 cm³/mol. The molecule has 2 fully saturated rings. The van der Waals surface area contributed by atoms with Gasteiger partial charge in [0.1, 0.15) is 17.7 Å². The predicted octanol–water partition coefficient (Wildman–Crippen LogP) is 3.56. The number of nitrogens with zero attached hydrogens (tertiary/aromatic N) is 5. The van der Waals surface area contributed by atoms with Crippen molar-refractivity contribution < 1.29 is 9.53 Å². The van der Waals surface area contributed by atoms with Crippen LogP contribution in [0.15, 0.2) is 36.8 Å². The average Bonchev–Trinajstić information content (AvgIpc) is 2.81. The van der Waals surface area contributed by atoms with Gasteiger partial charge in [0.2, 0.25) is 5.91 Å². The maximum absolute atomic E-state index is 13.3. The molecule has 2 aromatic rings. The molecule has 1 aliphatic carbocycles. The molecule has 3 heterocycles. The van der Waals surface area contributed by atoms with Crippen LogP contribution in [0.25, 0.3) is 0 Å². The third-order valence-electron chi connectivity index (χ3n) is 6.24. The molecule has 1 saturated heterocycles. The van der Waals surface area contributed by atoms with Crippen LogP contribution in [-0.4, -0.2) is 69.0 Å². The number of hydrogen-bond acceptors (Lipinski definition) is 7. The Labute approximate surface area is 190 Å². The van der Waals surface area contributed by atoms with Gasteiger partial charge in [-0.2, -0.15) is 0 Å². The van der Waals surface area contributed by atoms with E-state index in [2.05, 4.69) is 38.9 Å². The first-order chi connectivity index (χ1) is 15.6. The van der Waals surface area contributed by atoms with Crippen molar-refractivity contribution in [2.75, 3.05) is 31.6 Å². The van der Waals surface area contributed by atoms with E-state index in [4.69, 9.17) is 9.72 Å². The normalized spacial score (nSPS) is 20.3. The number of nitrogens with one attached hydrogen (secondary N) is 1. The monoisotopic (exact) mass is 438 g/mol. The maximum atomic E-state index is 13.3. The largest absolute Gasteiger partial charge is 0.369 e. The summed E-state index contributed by atoms with van der Waals surface area (Å²) in [6, 6.07) is 6.44. The molecule has 8 heteroatoms. The lowest BCUT2D eigenvalue weighted by Gasteiger charge is -2.39. The first kappa shape index (κ1) is 22.6. The number of anilines is 2. The first-order valence-corrected chi connectivity index (χ1v) is 11.8. The van der Waals surface area contributed by atoms with Gasteiger partial charge in [0.25, 0.3) is 0 Å². The molecule has 1 aliphatic heterocycles. The molecule has 8 nitrogen and oxygen atoms in total. The van der Waals surface area contributed by atoms with Crippen molar-refractivity contribution in [3.05, 3.63) is 42.5 Å². The van der Waals surface area contributed by atoms with Gasteiger partial charge in [0, 0.05) is 37.6 Å². The van der Waals surface area contributed by atoms with Crippen LogP contribution < -0.4 is 5.32 Å². The summed E-state index contributed by atoms with van der Waals surface area (Å²) in [5.74, 6) is 1.58. The molecule has 2 aromatic heterocycles. The van der Waals surface area contributed by atoms with E-state index in [1.165, 1.54) is 19.3 Å². The molecule has 1 amide bonds. The van der Waals surface area contributed by atoms with Crippen molar-refractivity contribution in [2.45, 2.75) is 64.1 Å². The number of pyridine rings is 1. The molecule has 0 bridgehead atoms. The summed E-state index contributed by atoms with van der Waals surface area (Å²) < 4.78 is 6.02. The molecule has 4 rings (SSSR count). The van der Waals surface area contributed by atoms with Crippen molar-refractivity contribution in [3.63, 3.8) is 0 Å². The van der Waals surface area contributed by atoms with E-state index >= 15 is 0 Å². The highest BCUT2D eigenvalue weighted by molar-refractivity contribution is 5.79. The number of rotatable bonds is 7. The summed E-state index contributed by atoms with van der Waals surface area (Å²) in [7, 11) is 0. The van der Waals surface area contributed by atoms with Crippen molar-refractivity contribution in [1.82, 2.24) is 24.8 Å². The van der Waals surface area contributed by atoms with Crippen molar-refractivity contribution in [2.24, 2.45) is 0 Å². The lowest BCUT2D eigenvalue weighted by atomic mass is 9.93. The number of hydrogen-bond donors (Lipinski definition) is 1. The zero-order chi connectivity index (χ0) is 22.3. The number of ether oxygens (including phenoxy) is 1. The zero-order valence-corrected chi connectivity index (χ0v) is 19.1. The van der Waals surface area contributed by atoms with E-state index < -0.39 is 0 Å². The van der Waals surface area contributed by atoms with E-state index in [9.17, 15) is 4.79 Å². The molecule has 1 N–H and O–H groups in total. The number of carbonyl (C=O) groups is 1. The number of aromatic nitrogens is 3. The van der Waals surface area contributed by atoms with Crippen LogP contribution in [0.5, 0.6) is 0 Å². The van der Waals surface area contributed by atoms with Crippen LogP contribution in [0.3, 0.4) is 0 Å². The summed E-state index contributed by atoms with van der Waals surface area (Å²) in [6.07, 6.45) is 10.8. The fourth-order valence-electron chi connectivity index (χ4n) is 4.77. The fourth-order valence-corrected chi connectivity index (χ4v) is 4.77. The fraction of sp³-hybridized carbons (Fsp3) is 0.583. The Morgan fingerprint density at radius 2 is 2.06 bits per heavy atom.